The Morgan fingerprint density at radius 1 is 0.917 bits per heavy atom. The Hall–Kier alpha value is -2.95. The smallest absolute Gasteiger partial charge is 0.174 e. The van der Waals surface area contributed by atoms with Crippen LogP contribution in [0.2, 0.25) is 0 Å². The summed E-state index contributed by atoms with van der Waals surface area (Å²) >= 11 is 0. The zero-order valence-electron chi connectivity index (χ0n) is 13.9. The van der Waals surface area contributed by atoms with Crippen LogP contribution in [-0.4, -0.2) is 19.4 Å². The van der Waals surface area contributed by atoms with Gasteiger partial charge in [-0.05, 0) is 36.8 Å². The molecule has 0 N–H and O–H groups in total. The highest BCUT2D eigenvalue weighted by atomic mass is 16.5. The van der Waals surface area contributed by atoms with E-state index in [2.05, 4.69) is 5.16 Å². The number of hydrogen-bond acceptors (Lipinski definition) is 5. The van der Waals surface area contributed by atoms with E-state index in [1.165, 1.54) is 0 Å². The van der Waals surface area contributed by atoms with Crippen LogP contribution in [0.5, 0.6) is 17.2 Å². The molecule has 0 saturated heterocycles. The molecule has 0 aliphatic heterocycles. The number of para-hydroxylation sites is 1. The fraction of sp³-hybridized carbons (Fsp3) is 0.211. The van der Waals surface area contributed by atoms with Gasteiger partial charge in [0, 0.05) is 11.6 Å². The number of nitrogens with zero attached hydrogens (tertiary/aromatic N) is 1. The van der Waals surface area contributed by atoms with Crippen molar-refractivity contribution in [2.75, 3.05) is 14.2 Å². The number of benzene rings is 2. The first kappa shape index (κ1) is 15.9. The van der Waals surface area contributed by atoms with E-state index in [0.717, 1.165) is 16.9 Å². The molecule has 124 valence electrons. The fourth-order valence-electron chi connectivity index (χ4n) is 2.41. The zero-order valence-corrected chi connectivity index (χ0v) is 13.9. The first-order valence-corrected chi connectivity index (χ1v) is 7.57. The minimum absolute atomic E-state index is 0.265. The lowest BCUT2D eigenvalue weighted by Crippen LogP contribution is -1.96. The van der Waals surface area contributed by atoms with Crippen molar-refractivity contribution in [3.05, 3.63) is 59.9 Å². The van der Waals surface area contributed by atoms with Crippen LogP contribution in [-0.2, 0) is 6.61 Å². The van der Waals surface area contributed by atoms with Crippen LogP contribution in [0.1, 0.15) is 11.3 Å². The van der Waals surface area contributed by atoms with E-state index in [0.29, 0.717) is 23.0 Å². The van der Waals surface area contributed by atoms with E-state index in [-0.39, 0.29) is 6.61 Å². The first-order chi connectivity index (χ1) is 11.7. The summed E-state index contributed by atoms with van der Waals surface area (Å²) in [5, 5.41) is 4.10. The summed E-state index contributed by atoms with van der Waals surface area (Å²) in [4.78, 5) is 0. The predicted molar refractivity (Wildman–Crippen MR) is 90.6 cm³/mol. The molecule has 2 aromatic carbocycles. The molecule has 24 heavy (non-hydrogen) atoms. The molecule has 5 nitrogen and oxygen atoms in total. The minimum Gasteiger partial charge on any atom is -0.496 e. The van der Waals surface area contributed by atoms with Gasteiger partial charge in [-0.1, -0.05) is 23.4 Å². The highest BCUT2D eigenvalue weighted by Gasteiger charge is 2.12. The lowest BCUT2D eigenvalue weighted by Gasteiger charge is -2.09. The highest BCUT2D eigenvalue weighted by molar-refractivity contribution is 5.66. The Balaban J connectivity index is 1.75. The molecule has 1 heterocycles. The standard InChI is InChI=1S/C19H19NO4/c1-13-8-9-18(19(10-13)22-3)23-12-14-11-16(20-24-14)15-6-4-5-7-17(15)21-2/h4-11H,12H2,1-3H3. The van der Waals surface area contributed by atoms with Crippen LogP contribution in [0.25, 0.3) is 11.3 Å². The molecule has 0 spiro atoms. The molecule has 0 aliphatic carbocycles. The van der Waals surface area contributed by atoms with Crippen molar-refractivity contribution in [3.8, 4) is 28.5 Å². The number of methoxy groups -OCH3 is 2. The second-order valence-corrected chi connectivity index (χ2v) is 5.32. The van der Waals surface area contributed by atoms with Crippen molar-refractivity contribution in [2.45, 2.75) is 13.5 Å². The van der Waals surface area contributed by atoms with Crippen molar-refractivity contribution in [1.29, 1.82) is 0 Å². The molecule has 0 fully saturated rings. The van der Waals surface area contributed by atoms with Crippen molar-refractivity contribution in [1.82, 2.24) is 5.16 Å². The van der Waals surface area contributed by atoms with E-state index in [9.17, 15) is 0 Å². The van der Waals surface area contributed by atoms with Gasteiger partial charge in [0.15, 0.2) is 17.3 Å². The van der Waals surface area contributed by atoms with E-state index in [1.807, 2.05) is 55.5 Å². The maximum atomic E-state index is 5.78. The monoisotopic (exact) mass is 325 g/mol. The molecule has 0 amide bonds. The highest BCUT2D eigenvalue weighted by Crippen LogP contribution is 2.31. The molecule has 3 aromatic rings. The van der Waals surface area contributed by atoms with Crippen LogP contribution in [0.4, 0.5) is 0 Å². The Bertz CT molecular complexity index is 826. The number of rotatable bonds is 6. The molecule has 3 rings (SSSR count). The largest absolute Gasteiger partial charge is 0.496 e. The van der Waals surface area contributed by atoms with Crippen molar-refractivity contribution in [3.63, 3.8) is 0 Å². The number of aromatic nitrogens is 1. The fourth-order valence-corrected chi connectivity index (χ4v) is 2.41. The average molecular weight is 325 g/mol. The first-order valence-electron chi connectivity index (χ1n) is 7.57. The molecule has 0 aliphatic rings. The van der Waals surface area contributed by atoms with Crippen LogP contribution in [0, 0.1) is 6.92 Å². The summed E-state index contributed by atoms with van der Waals surface area (Å²) in [6.45, 7) is 2.27. The summed E-state index contributed by atoms with van der Waals surface area (Å²) in [5.74, 6) is 2.73. The Morgan fingerprint density at radius 2 is 1.71 bits per heavy atom. The maximum Gasteiger partial charge on any atom is 0.174 e. The molecule has 5 heteroatoms. The molecule has 0 unspecified atom stereocenters. The maximum absolute atomic E-state index is 5.78. The van der Waals surface area contributed by atoms with Crippen LogP contribution in [0.15, 0.2) is 53.1 Å². The van der Waals surface area contributed by atoms with E-state index in [1.54, 1.807) is 14.2 Å². The van der Waals surface area contributed by atoms with Gasteiger partial charge in [0.05, 0.1) is 14.2 Å². The summed E-state index contributed by atoms with van der Waals surface area (Å²) in [6, 6.07) is 15.3. The zero-order chi connectivity index (χ0) is 16.9. The molecular weight excluding hydrogens is 306 g/mol. The van der Waals surface area contributed by atoms with E-state index in [4.69, 9.17) is 18.7 Å². The Morgan fingerprint density at radius 3 is 2.50 bits per heavy atom. The lowest BCUT2D eigenvalue weighted by molar-refractivity contribution is 0.239. The Kier molecular flexibility index (Phi) is 4.70. The van der Waals surface area contributed by atoms with Gasteiger partial charge in [-0.25, -0.2) is 0 Å². The van der Waals surface area contributed by atoms with Crippen LogP contribution in [0.3, 0.4) is 0 Å². The van der Waals surface area contributed by atoms with Gasteiger partial charge in [-0.3, -0.25) is 0 Å². The van der Waals surface area contributed by atoms with Gasteiger partial charge in [-0.2, -0.15) is 0 Å². The summed E-state index contributed by atoms with van der Waals surface area (Å²) in [6.07, 6.45) is 0. The summed E-state index contributed by atoms with van der Waals surface area (Å²) in [5.41, 5.74) is 2.70. The van der Waals surface area contributed by atoms with Crippen LogP contribution >= 0.6 is 0 Å². The molecular formula is C19H19NO4. The summed E-state index contributed by atoms with van der Waals surface area (Å²) in [7, 11) is 3.25. The third kappa shape index (κ3) is 3.35. The second-order valence-electron chi connectivity index (χ2n) is 5.32. The molecule has 0 saturated carbocycles. The predicted octanol–water partition coefficient (Wildman–Crippen LogP) is 4.25. The van der Waals surface area contributed by atoms with Gasteiger partial charge in [0.2, 0.25) is 0 Å². The quantitative estimate of drug-likeness (QED) is 0.678. The topological polar surface area (TPSA) is 53.7 Å². The number of ether oxygens (including phenoxy) is 3. The minimum atomic E-state index is 0.265. The average Bonchev–Trinajstić information content (AvgIpc) is 3.09. The van der Waals surface area contributed by atoms with Gasteiger partial charge in [0.25, 0.3) is 0 Å². The summed E-state index contributed by atoms with van der Waals surface area (Å²) < 4.78 is 21.8. The second kappa shape index (κ2) is 7.08. The molecule has 0 atom stereocenters. The molecule has 0 bridgehead atoms. The third-order valence-electron chi connectivity index (χ3n) is 3.63. The van der Waals surface area contributed by atoms with Crippen molar-refractivity contribution >= 4 is 0 Å². The van der Waals surface area contributed by atoms with Crippen molar-refractivity contribution < 1.29 is 18.7 Å². The van der Waals surface area contributed by atoms with Gasteiger partial charge >= 0.3 is 0 Å². The van der Waals surface area contributed by atoms with Gasteiger partial charge in [0.1, 0.15) is 18.1 Å². The number of hydrogen-bond donors (Lipinski definition) is 0. The Labute approximate surface area is 140 Å². The van der Waals surface area contributed by atoms with E-state index >= 15 is 0 Å². The number of aryl methyl sites for hydroxylation is 1. The SMILES string of the molecule is COc1cc(C)ccc1OCc1cc(-c2ccccc2OC)no1. The molecule has 0 radical (unpaired) electrons. The lowest BCUT2D eigenvalue weighted by atomic mass is 10.1. The van der Waals surface area contributed by atoms with Gasteiger partial charge in [-0.15, -0.1) is 0 Å². The molecule has 1 aromatic heterocycles. The van der Waals surface area contributed by atoms with Crippen LogP contribution < -0.4 is 14.2 Å². The van der Waals surface area contributed by atoms with E-state index < -0.39 is 0 Å². The van der Waals surface area contributed by atoms with Crippen molar-refractivity contribution in [2.24, 2.45) is 0 Å². The normalized spacial score (nSPS) is 10.5. The third-order valence-corrected chi connectivity index (χ3v) is 3.63. The van der Waals surface area contributed by atoms with Gasteiger partial charge < -0.3 is 18.7 Å².